The van der Waals surface area contributed by atoms with Crippen LogP contribution in [-0.4, -0.2) is 64.8 Å². The van der Waals surface area contributed by atoms with Gasteiger partial charge in [-0.1, -0.05) is 0 Å². The lowest BCUT2D eigenvalue weighted by atomic mass is 10.4. The molecule has 0 rings (SSSR count). The van der Waals surface area contributed by atoms with Crippen LogP contribution < -0.4 is 10.6 Å². The fourth-order valence-electron chi connectivity index (χ4n) is 1.06. The molecule has 1 amide bonds. The number of methoxy groups -OCH3 is 1. The van der Waals surface area contributed by atoms with Gasteiger partial charge in [0.1, 0.15) is 0 Å². The van der Waals surface area contributed by atoms with Gasteiger partial charge in [-0.05, 0) is 27.1 Å². The largest absolute Gasteiger partial charge is 0.383 e. The number of nitrogens with zero attached hydrogens (tertiary/aromatic N) is 1. The number of halogens is 2. The van der Waals surface area contributed by atoms with Crippen LogP contribution >= 0.6 is 24.8 Å². The zero-order valence-electron chi connectivity index (χ0n) is 10.8. The molecule has 0 aromatic rings. The lowest BCUT2D eigenvalue weighted by Gasteiger charge is -2.10. The molecule has 0 spiro atoms. The SMILES string of the molecule is COCCNCC(=O)NCCCN(C)C.Cl.Cl. The molecule has 0 atom stereocenters. The Labute approximate surface area is 116 Å². The van der Waals surface area contributed by atoms with Crippen LogP contribution in [0.15, 0.2) is 0 Å². The Hall–Kier alpha value is -0.0700. The molecule has 7 heteroatoms. The first-order valence-electron chi connectivity index (χ1n) is 5.28. The van der Waals surface area contributed by atoms with E-state index in [1.54, 1.807) is 7.11 Å². The molecule has 0 aliphatic carbocycles. The number of carbonyl (C=O) groups excluding carboxylic acids is 1. The van der Waals surface area contributed by atoms with Crippen molar-refractivity contribution in [3.63, 3.8) is 0 Å². The van der Waals surface area contributed by atoms with Crippen molar-refractivity contribution in [2.75, 3.05) is 54.0 Å². The summed E-state index contributed by atoms with van der Waals surface area (Å²) < 4.78 is 4.85. The van der Waals surface area contributed by atoms with E-state index in [9.17, 15) is 4.79 Å². The Morgan fingerprint density at radius 2 is 1.88 bits per heavy atom. The van der Waals surface area contributed by atoms with E-state index in [1.807, 2.05) is 14.1 Å². The summed E-state index contributed by atoms with van der Waals surface area (Å²) in [5.74, 6) is 0.0462. The number of nitrogens with one attached hydrogen (secondary N) is 2. The maximum absolute atomic E-state index is 11.2. The fraction of sp³-hybridized carbons (Fsp3) is 0.900. The van der Waals surface area contributed by atoms with Crippen LogP contribution in [0.5, 0.6) is 0 Å². The molecule has 0 fully saturated rings. The summed E-state index contributed by atoms with van der Waals surface area (Å²) >= 11 is 0. The van der Waals surface area contributed by atoms with Gasteiger partial charge < -0.3 is 20.3 Å². The van der Waals surface area contributed by atoms with Crippen LogP contribution in [0.2, 0.25) is 0 Å². The molecular formula is C10H25Cl2N3O2. The highest BCUT2D eigenvalue weighted by atomic mass is 35.5. The van der Waals surface area contributed by atoms with E-state index >= 15 is 0 Å². The van der Waals surface area contributed by atoms with Gasteiger partial charge in [0.2, 0.25) is 5.91 Å². The Bertz CT molecular complexity index is 172. The summed E-state index contributed by atoms with van der Waals surface area (Å²) in [5, 5.41) is 5.83. The van der Waals surface area contributed by atoms with Crippen LogP contribution in [0.4, 0.5) is 0 Å². The molecule has 0 aromatic heterocycles. The smallest absolute Gasteiger partial charge is 0.233 e. The van der Waals surface area contributed by atoms with Crippen LogP contribution in [-0.2, 0) is 9.53 Å². The van der Waals surface area contributed by atoms with E-state index in [2.05, 4.69) is 15.5 Å². The predicted octanol–water partition coefficient (Wildman–Crippen LogP) is 0.134. The average Bonchev–Trinajstić information content (AvgIpc) is 2.19. The second kappa shape index (κ2) is 15.9. The standard InChI is InChI=1S/C10H23N3O2.2ClH/c1-13(2)7-4-5-12-10(14)9-11-6-8-15-3;;/h11H,4-9H2,1-3H3,(H,12,14);2*1H. The zero-order valence-corrected chi connectivity index (χ0v) is 12.5. The van der Waals surface area contributed by atoms with Gasteiger partial charge in [-0.15, -0.1) is 24.8 Å². The minimum Gasteiger partial charge on any atom is -0.383 e. The van der Waals surface area contributed by atoms with Crippen molar-refractivity contribution in [3.8, 4) is 0 Å². The topological polar surface area (TPSA) is 53.6 Å². The van der Waals surface area contributed by atoms with Gasteiger partial charge in [-0.2, -0.15) is 0 Å². The first-order valence-corrected chi connectivity index (χ1v) is 5.28. The van der Waals surface area contributed by atoms with Crippen molar-refractivity contribution in [1.82, 2.24) is 15.5 Å². The van der Waals surface area contributed by atoms with E-state index in [1.165, 1.54) is 0 Å². The van der Waals surface area contributed by atoms with Gasteiger partial charge in [-0.3, -0.25) is 4.79 Å². The Kier molecular flexibility index (Phi) is 20.7. The highest BCUT2D eigenvalue weighted by Gasteiger charge is 1.99. The van der Waals surface area contributed by atoms with Gasteiger partial charge in [0.25, 0.3) is 0 Å². The molecule has 0 aromatic carbocycles. The summed E-state index contributed by atoms with van der Waals surface area (Å²) in [5.41, 5.74) is 0. The highest BCUT2D eigenvalue weighted by molar-refractivity contribution is 5.85. The second-order valence-electron chi connectivity index (χ2n) is 3.68. The third kappa shape index (κ3) is 18.5. The van der Waals surface area contributed by atoms with Gasteiger partial charge >= 0.3 is 0 Å². The number of hydrogen-bond donors (Lipinski definition) is 2. The molecule has 0 aliphatic heterocycles. The van der Waals surface area contributed by atoms with E-state index < -0.39 is 0 Å². The van der Waals surface area contributed by atoms with Crippen molar-refractivity contribution in [3.05, 3.63) is 0 Å². The van der Waals surface area contributed by atoms with Gasteiger partial charge in [0.05, 0.1) is 13.2 Å². The third-order valence-electron chi connectivity index (χ3n) is 1.87. The number of amides is 1. The van der Waals surface area contributed by atoms with E-state index in [0.29, 0.717) is 19.7 Å². The Morgan fingerprint density at radius 1 is 1.24 bits per heavy atom. The summed E-state index contributed by atoms with van der Waals surface area (Å²) in [4.78, 5) is 13.3. The summed E-state index contributed by atoms with van der Waals surface area (Å²) in [6, 6.07) is 0. The number of hydrogen-bond acceptors (Lipinski definition) is 4. The Balaban J connectivity index is -0.000000980. The van der Waals surface area contributed by atoms with Crippen molar-refractivity contribution in [2.24, 2.45) is 0 Å². The summed E-state index contributed by atoms with van der Waals surface area (Å²) in [7, 11) is 5.69. The van der Waals surface area contributed by atoms with Gasteiger partial charge in [0, 0.05) is 20.2 Å². The molecule has 0 bridgehead atoms. The van der Waals surface area contributed by atoms with Crippen molar-refractivity contribution in [2.45, 2.75) is 6.42 Å². The normalized spacial score (nSPS) is 9.41. The zero-order chi connectivity index (χ0) is 11.5. The molecule has 2 N–H and O–H groups in total. The first-order chi connectivity index (χ1) is 7.16. The molecule has 0 heterocycles. The minimum atomic E-state index is 0. The summed E-state index contributed by atoms with van der Waals surface area (Å²) in [6.45, 7) is 3.45. The van der Waals surface area contributed by atoms with Crippen LogP contribution in [0, 0.1) is 0 Å². The summed E-state index contributed by atoms with van der Waals surface area (Å²) in [6.07, 6.45) is 0.983. The number of rotatable bonds is 9. The van der Waals surface area contributed by atoms with Crippen LogP contribution in [0.25, 0.3) is 0 Å². The monoisotopic (exact) mass is 289 g/mol. The maximum atomic E-state index is 11.2. The van der Waals surface area contributed by atoms with E-state index in [4.69, 9.17) is 4.74 Å². The predicted molar refractivity (Wildman–Crippen MR) is 75.4 cm³/mol. The second-order valence-corrected chi connectivity index (χ2v) is 3.68. The fourth-order valence-corrected chi connectivity index (χ4v) is 1.06. The quantitative estimate of drug-likeness (QED) is 0.593. The van der Waals surface area contributed by atoms with Crippen molar-refractivity contribution in [1.29, 1.82) is 0 Å². The molecule has 17 heavy (non-hydrogen) atoms. The minimum absolute atomic E-state index is 0. The van der Waals surface area contributed by atoms with Gasteiger partial charge in [-0.25, -0.2) is 0 Å². The molecule has 0 aliphatic rings. The molecule has 0 saturated carbocycles. The Morgan fingerprint density at radius 3 is 2.41 bits per heavy atom. The van der Waals surface area contributed by atoms with E-state index in [0.717, 1.165) is 19.5 Å². The third-order valence-corrected chi connectivity index (χ3v) is 1.87. The molecule has 0 saturated heterocycles. The molecule has 0 unspecified atom stereocenters. The van der Waals surface area contributed by atoms with Crippen LogP contribution in [0.3, 0.4) is 0 Å². The lowest BCUT2D eigenvalue weighted by molar-refractivity contribution is -0.120. The first kappa shape index (κ1) is 22.1. The average molecular weight is 290 g/mol. The van der Waals surface area contributed by atoms with Crippen LogP contribution in [0.1, 0.15) is 6.42 Å². The molecule has 5 nitrogen and oxygen atoms in total. The maximum Gasteiger partial charge on any atom is 0.233 e. The molecular weight excluding hydrogens is 265 g/mol. The lowest BCUT2D eigenvalue weighted by Crippen LogP contribution is -2.36. The van der Waals surface area contributed by atoms with E-state index in [-0.39, 0.29) is 30.7 Å². The number of carbonyl (C=O) groups is 1. The van der Waals surface area contributed by atoms with Gasteiger partial charge in [0.15, 0.2) is 0 Å². The number of ether oxygens (including phenoxy) is 1. The molecule has 106 valence electrons. The highest BCUT2D eigenvalue weighted by Crippen LogP contribution is 1.80. The van der Waals surface area contributed by atoms with Crippen molar-refractivity contribution < 1.29 is 9.53 Å². The van der Waals surface area contributed by atoms with Crippen molar-refractivity contribution >= 4 is 30.7 Å². The molecule has 0 radical (unpaired) electrons.